The van der Waals surface area contributed by atoms with Crippen LogP contribution in [-0.4, -0.2) is 19.8 Å². The first-order chi connectivity index (χ1) is 6.63. The summed E-state index contributed by atoms with van der Waals surface area (Å²) in [6.07, 6.45) is 0. The van der Waals surface area contributed by atoms with Gasteiger partial charge in [0.05, 0.1) is 6.61 Å². The molecule has 0 fully saturated rings. The van der Waals surface area contributed by atoms with E-state index in [1.54, 1.807) is 7.11 Å². The highest BCUT2D eigenvalue weighted by atomic mass is 35.5. The van der Waals surface area contributed by atoms with Crippen LogP contribution in [0.1, 0.15) is 12.5 Å². The van der Waals surface area contributed by atoms with Crippen molar-refractivity contribution in [3.63, 3.8) is 0 Å². The van der Waals surface area contributed by atoms with Crippen LogP contribution in [0.4, 0.5) is 5.69 Å². The van der Waals surface area contributed by atoms with Crippen molar-refractivity contribution >= 4 is 29.7 Å². The Kier molecular flexibility index (Phi) is 6.73. The first-order valence-corrected chi connectivity index (χ1v) is 5.03. The molecule has 15 heavy (non-hydrogen) atoms. The number of benzene rings is 1. The second kappa shape index (κ2) is 6.94. The second-order valence-corrected chi connectivity index (χ2v) is 3.90. The van der Waals surface area contributed by atoms with Crippen LogP contribution >= 0.6 is 24.0 Å². The minimum Gasteiger partial charge on any atom is -0.383 e. The molecule has 1 atom stereocenters. The predicted molar refractivity (Wildman–Crippen MR) is 68.4 cm³/mol. The highest BCUT2D eigenvalue weighted by molar-refractivity contribution is 6.30. The normalized spacial score (nSPS) is 11.7. The van der Waals surface area contributed by atoms with Crippen molar-refractivity contribution in [3.8, 4) is 0 Å². The minimum absolute atomic E-state index is 0. The van der Waals surface area contributed by atoms with E-state index < -0.39 is 0 Å². The number of nitrogens with one attached hydrogen (secondary N) is 1. The lowest BCUT2D eigenvalue weighted by Gasteiger charge is -2.16. The van der Waals surface area contributed by atoms with Crippen LogP contribution in [0.5, 0.6) is 0 Å². The Morgan fingerprint density at radius 3 is 2.73 bits per heavy atom. The number of hydrogen-bond donors (Lipinski definition) is 1. The minimum atomic E-state index is 0. The zero-order valence-electron chi connectivity index (χ0n) is 9.21. The van der Waals surface area contributed by atoms with Crippen LogP contribution in [0, 0.1) is 6.92 Å². The van der Waals surface area contributed by atoms with Crippen molar-refractivity contribution in [1.82, 2.24) is 0 Å². The van der Waals surface area contributed by atoms with Crippen LogP contribution in [0.25, 0.3) is 0 Å². The van der Waals surface area contributed by atoms with Gasteiger partial charge in [0, 0.05) is 23.9 Å². The lowest BCUT2D eigenvalue weighted by atomic mass is 10.2. The zero-order valence-corrected chi connectivity index (χ0v) is 10.8. The first-order valence-electron chi connectivity index (χ1n) is 4.65. The number of anilines is 1. The average Bonchev–Trinajstić information content (AvgIpc) is 2.12. The summed E-state index contributed by atoms with van der Waals surface area (Å²) < 4.78 is 5.05. The van der Waals surface area contributed by atoms with E-state index in [9.17, 15) is 0 Å². The molecule has 0 saturated heterocycles. The Morgan fingerprint density at radius 2 is 2.13 bits per heavy atom. The largest absolute Gasteiger partial charge is 0.383 e. The lowest BCUT2D eigenvalue weighted by molar-refractivity contribution is 0.190. The number of methoxy groups -OCH3 is 1. The molecule has 1 aromatic rings. The summed E-state index contributed by atoms with van der Waals surface area (Å²) in [6, 6.07) is 6.12. The highest BCUT2D eigenvalue weighted by Crippen LogP contribution is 2.20. The van der Waals surface area contributed by atoms with Crippen LogP contribution in [-0.2, 0) is 4.74 Å². The van der Waals surface area contributed by atoms with Gasteiger partial charge in [-0.15, -0.1) is 12.4 Å². The number of aryl methyl sites for hydroxylation is 1. The Hall–Kier alpha value is -0.440. The molecule has 1 unspecified atom stereocenters. The van der Waals surface area contributed by atoms with Gasteiger partial charge in [0.1, 0.15) is 0 Å². The van der Waals surface area contributed by atoms with Crippen LogP contribution in [0.3, 0.4) is 0 Å². The van der Waals surface area contributed by atoms with Gasteiger partial charge in [-0.25, -0.2) is 0 Å². The summed E-state index contributed by atoms with van der Waals surface area (Å²) in [7, 11) is 1.70. The zero-order chi connectivity index (χ0) is 10.6. The fourth-order valence-corrected chi connectivity index (χ4v) is 1.48. The Balaban J connectivity index is 0.00000196. The average molecular weight is 250 g/mol. The van der Waals surface area contributed by atoms with Crippen LogP contribution < -0.4 is 5.32 Å². The lowest BCUT2D eigenvalue weighted by Crippen LogP contribution is -2.21. The number of halogens is 2. The molecule has 0 bridgehead atoms. The molecule has 0 spiro atoms. The van der Waals surface area contributed by atoms with Gasteiger partial charge < -0.3 is 10.1 Å². The predicted octanol–water partition coefficient (Wildman–Crippen LogP) is 3.52. The molecule has 0 heterocycles. The Morgan fingerprint density at radius 1 is 1.47 bits per heavy atom. The van der Waals surface area contributed by atoms with Crippen molar-refractivity contribution in [2.24, 2.45) is 0 Å². The maximum absolute atomic E-state index is 5.91. The van der Waals surface area contributed by atoms with E-state index in [0.29, 0.717) is 6.61 Å². The van der Waals surface area contributed by atoms with Gasteiger partial charge in [-0.1, -0.05) is 17.7 Å². The molecule has 1 N–H and O–H groups in total. The van der Waals surface area contributed by atoms with Crippen molar-refractivity contribution in [3.05, 3.63) is 28.8 Å². The Labute approximate surface area is 102 Å². The third-order valence-electron chi connectivity index (χ3n) is 2.02. The standard InChI is InChI=1S/C11H16ClNO.ClH/c1-8-4-5-10(12)6-11(8)13-9(2)7-14-3;/h4-6,9,13H,7H2,1-3H3;1H. The van der Waals surface area contributed by atoms with E-state index in [2.05, 4.69) is 19.2 Å². The number of hydrogen-bond acceptors (Lipinski definition) is 2. The Bertz CT molecular complexity index is 305. The van der Waals surface area contributed by atoms with Gasteiger partial charge in [-0.05, 0) is 31.5 Å². The summed E-state index contributed by atoms with van der Waals surface area (Å²) in [4.78, 5) is 0. The monoisotopic (exact) mass is 249 g/mol. The molecule has 0 aliphatic carbocycles. The van der Waals surface area contributed by atoms with Gasteiger partial charge in [0.25, 0.3) is 0 Å². The summed E-state index contributed by atoms with van der Waals surface area (Å²) in [5.41, 5.74) is 2.26. The molecule has 1 aromatic carbocycles. The van der Waals surface area contributed by atoms with Crippen LogP contribution in [0.15, 0.2) is 18.2 Å². The molecule has 86 valence electrons. The summed E-state index contributed by atoms with van der Waals surface area (Å²) in [5, 5.41) is 4.09. The van der Waals surface area contributed by atoms with E-state index in [0.717, 1.165) is 10.7 Å². The van der Waals surface area contributed by atoms with Gasteiger partial charge in [0.2, 0.25) is 0 Å². The molecule has 0 saturated carbocycles. The summed E-state index contributed by atoms with van der Waals surface area (Å²) in [6.45, 7) is 4.81. The highest BCUT2D eigenvalue weighted by Gasteiger charge is 2.03. The molecule has 0 amide bonds. The van der Waals surface area contributed by atoms with Gasteiger partial charge >= 0.3 is 0 Å². The molecular formula is C11H17Cl2NO. The van der Waals surface area contributed by atoms with Gasteiger partial charge in [-0.2, -0.15) is 0 Å². The second-order valence-electron chi connectivity index (χ2n) is 3.46. The third kappa shape index (κ3) is 4.74. The quantitative estimate of drug-likeness (QED) is 0.882. The number of ether oxygens (including phenoxy) is 1. The molecular weight excluding hydrogens is 233 g/mol. The van der Waals surface area contributed by atoms with E-state index in [-0.39, 0.29) is 18.4 Å². The first kappa shape index (κ1) is 14.6. The summed E-state index contributed by atoms with van der Waals surface area (Å²) in [5.74, 6) is 0. The van der Waals surface area contributed by atoms with Crippen molar-refractivity contribution in [1.29, 1.82) is 0 Å². The maximum Gasteiger partial charge on any atom is 0.0661 e. The van der Waals surface area contributed by atoms with E-state index in [1.807, 2.05) is 18.2 Å². The molecule has 0 aliphatic rings. The van der Waals surface area contributed by atoms with E-state index in [4.69, 9.17) is 16.3 Å². The van der Waals surface area contributed by atoms with Crippen LogP contribution in [0.2, 0.25) is 5.02 Å². The summed E-state index contributed by atoms with van der Waals surface area (Å²) >= 11 is 5.91. The molecule has 2 nitrogen and oxygen atoms in total. The van der Waals surface area contributed by atoms with Gasteiger partial charge in [-0.3, -0.25) is 0 Å². The van der Waals surface area contributed by atoms with Gasteiger partial charge in [0.15, 0.2) is 0 Å². The van der Waals surface area contributed by atoms with Crippen molar-refractivity contribution in [2.45, 2.75) is 19.9 Å². The molecule has 0 aromatic heterocycles. The fourth-order valence-electron chi connectivity index (χ4n) is 1.31. The molecule has 4 heteroatoms. The van der Waals surface area contributed by atoms with Crippen molar-refractivity contribution < 1.29 is 4.74 Å². The van der Waals surface area contributed by atoms with E-state index >= 15 is 0 Å². The topological polar surface area (TPSA) is 21.3 Å². The molecule has 0 aliphatic heterocycles. The van der Waals surface area contributed by atoms with Crippen molar-refractivity contribution in [2.75, 3.05) is 19.0 Å². The SMILES string of the molecule is COCC(C)Nc1cc(Cl)ccc1C.Cl. The number of rotatable bonds is 4. The fraction of sp³-hybridized carbons (Fsp3) is 0.455. The molecule has 1 rings (SSSR count). The molecule has 0 radical (unpaired) electrons. The van der Waals surface area contributed by atoms with E-state index in [1.165, 1.54) is 5.56 Å². The third-order valence-corrected chi connectivity index (χ3v) is 2.25. The maximum atomic E-state index is 5.91. The smallest absolute Gasteiger partial charge is 0.0661 e.